The molecule has 0 radical (unpaired) electrons. The summed E-state index contributed by atoms with van der Waals surface area (Å²) in [5, 5.41) is 11.2. The summed E-state index contributed by atoms with van der Waals surface area (Å²) in [5.41, 5.74) is 1.26. The topological polar surface area (TPSA) is 66.8 Å². The highest BCUT2D eigenvalue weighted by atomic mass is 32.1. The normalized spacial score (nSPS) is 18.8. The third-order valence-electron chi connectivity index (χ3n) is 3.46. The number of carboxylic acid groups (broad SMARTS) is 1. The van der Waals surface area contributed by atoms with Crippen molar-refractivity contribution in [1.29, 1.82) is 0 Å². The molecular weight excluding hydrogens is 302 g/mol. The Kier molecular flexibility index (Phi) is 4.60. The van der Waals surface area contributed by atoms with Crippen LogP contribution < -0.4 is 0 Å². The number of rotatable bonds is 2. The van der Waals surface area contributed by atoms with Crippen LogP contribution >= 0.6 is 11.3 Å². The Balaban J connectivity index is 2.28. The lowest BCUT2D eigenvalue weighted by molar-refractivity contribution is -0.156. The van der Waals surface area contributed by atoms with Crippen molar-refractivity contribution in [3.05, 3.63) is 28.0 Å². The van der Waals surface area contributed by atoms with E-state index >= 15 is 0 Å². The van der Waals surface area contributed by atoms with Gasteiger partial charge in [-0.3, -0.25) is 4.79 Å². The zero-order valence-corrected chi connectivity index (χ0v) is 14.1. The molecule has 0 bridgehead atoms. The summed E-state index contributed by atoms with van der Waals surface area (Å²) in [6.07, 6.45) is 0.263. The highest BCUT2D eigenvalue weighted by Gasteiger charge is 2.33. The van der Waals surface area contributed by atoms with Crippen molar-refractivity contribution in [3.8, 4) is 0 Å². The standard InChI is InChI=1S/C16H21NO4S/c1-10-7-11(9-22-10)12-5-6-17(15(19)20)8-13(12)21-14(18)16(2,3)4/h5,7,9,13H,6,8H2,1-4H3,(H,19,20). The van der Waals surface area contributed by atoms with Gasteiger partial charge in [0.15, 0.2) is 0 Å². The number of nitrogens with zero attached hydrogens (tertiary/aromatic N) is 1. The number of carbonyl (C=O) groups is 2. The first-order chi connectivity index (χ1) is 10.2. The average Bonchev–Trinajstić information content (AvgIpc) is 2.84. The maximum absolute atomic E-state index is 12.2. The molecule has 0 saturated carbocycles. The van der Waals surface area contributed by atoms with Crippen LogP contribution in [-0.4, -0.2) is 41.3 Å². The average molecular weight is 323 g/mol. The molecule has 120 valence electrons. The number of hydrogen-bond acceptors (Lipinski definition) is 4. The first kappa shape index (κ1) is 16.5. The number of amides is 1. The van der Waals surface area contributed by atoms with E-state index in [1.807, 2.05) is 24.4 Å². The Morgan fingerprint density at radius 2 is 2.09 bits per heavy atom. The minimum atomic E-state index is -1.01. The smallest absolute Gasteiger partial charge is 0.407 e. The fourth-order valence-electron chi connectivity index (χ4n) is 2.17. The maximum Gasteiger partial charge on any atom is 0.407 e. The predicted molar refractivity (Wildman–Crippen MR) is 86.0 cm³/mol. The lowest BCUT2D eigenvalue weighted by atomic mass is 9.95. The Hall–Kier alpha value is -1.82. The SMILES string of the molecule is Cc1cc(C2=CCN(C(=O)O)CC2OC(=O)C(C)(C)C)cs1. The molecule has 2 rings (SSSR count). The molecule has 6 heteroatoms. The van der Waals surface area contributed by atoms with Crippen LogP contribution in [0.1, 0.15) is 31.2 Å². The third-order valence-corrected chi connectivity index (χ3v) is 4.32. The van der Waals surface area contributed by atoms with Crippen LogP contribution in [0.2, 0.25) is 0 Å². The molecule has 1 N–H and O–H groups in total. The van der Waals surface area contributed by atoms with Gasteiger partial charge in [-0.15, -0.1) is 11.3 Å². The maximum atomic E-state index is 12.2. The van der Waals surface area contributed by atoms with Crippen LogP contribution in [-0.2, 0) is 9.53 Å². The molecule has 0 aromatic carbocycles. The molecule has 1 aromatic rings. The molecule has 0 saturated heterocycles. The molecule has 0 spiro atoms. The van der Waals surface area contributed by atoms with Crippen molar-refractivity contribution in [2.75, 3.05) is 13.1 Å². The first-order valence-electron chi connectivity index (χ1n) is 7.13. The van der Waals surface area contributed by atoms with Crippen molar-refractivity contribution < 1.29 is 19.4 Å². The van der Waals surface area contributed by atoms with Crippen LogP contribution in [0.3, 0.4) is 0 Å². The van der Waals surface area contributed by atoms with Crippen LogP contribution in [0.4, 0.5) is 4.79 Å². The Morgan fingerprint density at radius 3 is 2.59 bits per heavy atom. The van der Waals surface area contributed by atoms with Gasteiger partial charge < -0.3 is 14.7 Å². The molecule has 0 aliphatic carbocycles. The summed E-state index contributed by atoms with van der Waals surface area (Å²) >= 11 is 1.62. The largest absolute Gasteiger partial charge is 0.465 e. The number of thiophene rings is 1. The molecule has 0 fully saturated rings. The van der Waals surface area contributed by atoms with E-state index in [4.69, 9.17) is 9.84 Å². The van der Waals surface area contributed by atoms with Crippen LogP contribution in [0.25, 0.3) is 5.57 Å². The molecular formula is C16H21NO4S. The Bertz CT molecular complexity index is 612. The zero-order chi connectivity index (χ0) is 16.5. The molecule has 2 heterocycles. The fourth-order valence-corrected chi connectivity index (χ4v) is 2.89. The predicted octanol–water partition coefficient (Wildman–Crippen LogP) is 3.39. The second-order valence-electron chi connectivity index (χ2n) is 6.44. The van der Waals surface area contributed by atoms with Crippen LogP contribution in [0, 0.1) is 12.3 Å². The number of hydrogen-bond donors (Lipinski definition) is 1. The van der Waals surface area contributed by atoms with Crippen molar-refractivity contribution >= 4 is 29.0 Å². The lowest BCUT2D eigenvalue weighted by Crippen LogP contribution is -2.43. The summed E-state index contributed by atoms with van der Waals surface area (Å²) in [6, 6.07) is 2.03. The molecule has 1 aromatic heterocycles. The minimum absolute atomic E-state index is 0.165. The van der Waals surface area contributed by atoms with Crippen molar-refractivity contribution in [3.63, 3.8) is 0 Å². The van der Waals surface area contributed by atoms with Gasteiger partial charge in [-0.1, -0.05) is 6.08 Å². The zero-order valence-electron chi connectivity index (χ0n) is 13.3. The van der Waals surface area contributed by atoms with Gasteiger partial charge in [-0.25, -0.2) is 4.79 Å². The first-order valence-corrected chi connectivity index (χ1v) is 8.01. The quantitative estimate of drug-likeness (QED) is 0.847. The molecule has 1 amide bonds. The summed E-state index contributed by atoms with van der Waals surface area (Å²) in [5.74, 6) is -0.331. The van der Waals surface area contributed by atoms with E-state index in [0.717, 1.165) is 16.0 Å². The monoisotopic (exact) mass is 323 g/mol. The number of carbonyl (C=O) groups excluding carboxylic acids is 1. The van der Waals surface area contributed by atoms with Gasteiger partial charge in [0.25, 0.3) is 0 Å². The molecule has 22 heavy (non-hydrogen) atoms. The van der Waals surface area contributed by atoms with Crippen LogP contribution in [0.5, 0.6) is 0 Å². The molecule has 1 atom stereocenters. The highest BCUT2D eigenvalue weighted by Crippen LogP contribution is 2.30. The van der Waals surface area contributed by atoms with Gasteiger partial charge in [-0.05, 0) is 44.7 Å². The number of esters is 1. The van der Waals surface area contributed by atoms with E-state index in [-0.39, 0.29) is 12.5 Å². The van der Waals surface area contributed by atoms with E-state index in [9.17, 15) is 9.59 Å². The summed E-state index contributed by atoms with van der Waals surface area (Å²) in [7, 11) is 0. The van der Waals surface area contributed by atoms with Gasteiger partial charge in [-0.2, -0.15) is 0 Å². The van der Waals surface area contributed by atoms with Crippen molar-refractivity contribution in [1.82, 2.24) is 4.90 Å². The number of ether oxygens (including phenoxy) is 1. The summed E-state index contributed by atoms with van der Waals surface area (Å²) < 4.78 is 5.60. The van der Waals surface area contributed by atoms with Crippen LogP contribution in [0.15, 0.2) is 17.5 Å². The number of aryl methyl sites for hydroxylation is 1. The summed E-state index contributed by atoms with van der Waals surface area (Å²) in [4.78, 5) is 25.8. The van der Waals surface area contributed by atoms with Gasteiger partial charge in [0, 0.05) is 17.0 Å². The van der Waals surface area contributed by atoms with Crippen molar-refractivity contribution in [2.45, 2.75) is 33.8 Å². The van der Waals surface area contributed by atoms with Gasteiger partial charge in [0.1, 0.15) is 6.10 Å². The van der Waals surface area contributed by atoms with Gasteiger partial charge >= 0.3 is 12.1 Å². The van der Waals surface area contributed by atoms with E-state index in [2.05, 4.69) is 0 Å². The second-order valence-corrected chi connectivity index (χ2v) is 7.55. The Morgan fingerprint density at radius 1 is 1.41 bits per heavy atom. The van der Waals surface area contributed by atoms with E-state index in [0.29, 0.717) is 6.54 Å². The van der Waals surface area contributed by atoms with Gasteiger partial charge in [0.05, 0.1) is 12.0 Å². The molecule has 1 aliphatic heterocycles. The van der Waals surface area contributed by atoms with E-state index in [1.54, 1.807) is 32.1 Å². The van der Waals surface area contributed by atoms with E-state index < -0.39 is 17.6 Å². The molecule has 1 aliphatic rings. The molecule has 5 nitrogen and oxygen atoms in total. The van der Waals surface area contributed by atoms with E-state index in [1.165, 1.54) is 4.90 Å². The fraction of sp³-hybridized carbons (Fsp3) is 0.500. The summed E-state index contributed by atoms with van der Waals surface area (Å²) in [6.45, 7) is 7.83. The molecule has 1 unspecified atom stereocenters. The lowest BCUT2D eigenvalue weighted by Gasteiger charge is -2.32. The minimum Gasteiger partial charge on any atom is -0.465 e. The third kappa shape index (κ3) is 3.68. The Labute approximate surface area is 134 Å². The highest BCUT2D eigenvalue weighted by molar-refractivity contribution is 7.10. The second kappa shape index (κ2) is 6.12. The van der Waals surface area contributed by atoms with Gasteiger partial charge in [0.2, 0.25) is 0 Å². The van der Waals surface area contributed by atoms with Crippen molar-refractivity contribution in [2.24, 2.45) is 5.41 Å².